The molecule has 26 heavy (non-hydrogen) atoms. The summed E-state index contributed by atoms with van der Waals surface area (Å²) in [7, 11) is 1.95. The number of tetrazole rings is 1. The first kappa shape index (κ1) is 17.2. The van der Waals surface area contributed by atoms with E-state index in [0.717, 1.165) is 43.2 Å². The Labute approximate surface area is 152 Å². The van der Waals surface area contributed by atoms with Crippen LogP contribution in [0.5, 0.6) is 11.5 Å². The van der Waals surface area contributed by atoms with Gasteiger partial charge in [-0.3, -0.25) is 0 Å². The molecule has 1 aromatic heterocycles. The third kappa shape index (κ3) is 3.52. The number of ether oxygens (including phenoxy) is 3. The van der Waals surface area contributed by atoms with Crippen molar-refractivity contribution in [1.82, 2.24) is 25.5 Å². The second-order valence-corrected chi connectivity index (χ2v) is 6.99. The van der Waals surface area contributed by atoms with Crippen LogP contribution in [0.15, 0.2) is 18.2 Å². The van der Waals surface area contributed by atoms with Crippen LogP contribution < -0.4 is 14.8 Å². The zero-order valence-electron chi connectivity index (χ0n) is 15.2. The highest BCUT2D eigenvalue weighted by Gasteiger charge is 2.27. The number of nitrogens with zero attached hydrogens (tertiary/aromatic N) is 4. The van der Waals surface area contributed by atoms with Crippen molar-refractivity contribution in [2.24, 2.45) is 5.92 Å². The molecular formula is C18H25N5O3. The van der Waals surface area contributed by atoms with Crippen molar-refractivity contribution in [3.8, 4) is 11.5 Å². The lowest BCUT2D eigenvalue weighted by Gasteiger charge is -2.23. The Morgan fingerprint density at radius 1 is 1.31 bits per heavy atom. The molecule has 2 aliphatic heterocycles. The van der Waals surface area contributed by atoms with E-state index in [-0.39, 0.29) is 12.1 Å². The van der Waals surface area contributed by atoms with E-state index in [2.05, 4.69) is 39.9 Å². The largest absolute Gasteiger partial charge is 0.454 e. The fourth-order valence-electron chi connectivity index (χ4n) is 3.77. The van der Waals surface area contributed by atoms with Crippen LogP contribution >= 0.6 is 0 Å². The number of fused-ring (bicyclic) bond motifs is 1. The zero-order valence-corrected chi connectivity index (χ0v) is 15.2. The molecule has 140 valence electrons. The van der Waals surface area contributed by atoms with Gasteiger partial charge in [0.05, 0.1) is 18.7 Å². The van der Waals surface area contributed by atoms with Crippen LogP contribution in [0.3, 0.4) is 0 Å². The van der Waals surface area contributed by atoms with E-state index in [1.165, 1.54) is 5.56 Å². The van der Waals surface area contributed by atoms with E-state index in [9.17, 15) is 0 Å². The van der Waals surface area contributed by atoms with Crippen molar-refractivity contribution >= 4 is 0 Å². The average Bonchev–Trinajstić information content (AvgIpc) is 3.38. The topological polar surface area (TPSA) is 83.3 Å². The maximum absolute atomic E-state index is 5.73. The highest BCUT2D eigenvalue weighted by molar-refractivity contribution is 5.44. The smallest absolute Gasteiger partial charge is 0.231 e. The Morgan fingerprint density at radius 3 is 3.00 bits per heavy atom. The summed E-state index contributed by atoms with van der Waals surface area (Å²) in [6.07, 6.45) is 3.27. The minimum Gasteiger partial charge on any atom is -0.454 e. The Hall–Kier alpha value is -2.19. The molecule has 1 saturated heterocycles. The minimum absolute atomic E-state index is 0.0526. The van der Waals surface area contributed by atoms with E-state index >= 15 is 0 Å². The molecule has 1 N–H and O–H groups in total. The molecule has 2 aliphatic rings. The summed E-state index contributed by atoms with van der Waals surface area (Å²) in [6.45, 7) is 4.04. The SMILES string of the molecule is CNC(c1nnnn1CC1CCCO1)C(C)Cc1ccc2c(c1)OCO2. The van der Waals surface area contributed by atoms with Gasteiger partial charge in [-0.05, 0) is 60.4 Å². The number of benzene rings is 1. The van der Waals surface area contributed by atoms with Crippen molar-refractivity contribution in [3.05, 3.63) is 29.6 Å². The Bertz CT molecular complexity index is 744. The van der Waals surface area contributed by atoms with Crippen LogP contribution in [-0.2, 0) is 17.7 Å². The summed E-state index contributed by atoms with van der Waals surface area (Å²) < 4.78 is 18.5. The molecule has 0 radical (unpaired) electrons. The second-order valence-electron chi connectivity index (χ2n) is 6.99. The predicted molar refractivity (Wildman–Crippen MR) is 94.0 cm³/mol. The first-order chi connectivity index (χ1) is 12.7. The van der Waals surface area contributed by atoms with Crippen LogP contribution in [-0.4, -0.2) is 46.8 Å². The normalized spacial score (nSPS) is 21.1. The molecule has 1 fully saturated rings. The zero-order chi connectivity index (χ0) is 17.9. The van der Waals surface area contributed by atoms with Crippen LogP contribution in [0.4, 0.5) is 0 Å². The highest BCUT2D eigenvalue weighted by Crippen LogP contribution is 2.34. The van der Waals surface area contributed by atoms with E-state index in [1.807, 2.05) is 17.8 Å². The van der Waals surface area contributed by atoms with Crippen molar-refractivity contribution < 1.29 is 14.2 Å². The maximum Gasteiger partial charge on any atom is 0.231 e. The molecule has 3 atom stereocenters. The summed E-state index contributed by atoms with van der Waals surface area (Å²) in [6, 6.07) is 6.17. The standard InChI is InChI=1S/C18H25N5O3/c1-12(8-13-5-6-15-16(9-13)26-11-25-15)17(19-2)18-20-21-22-23(18)10-14-4-3-7-24-14/h5-6,9,12,14,17,19H,3-4,7-8,10-11H2,1-2H3. The fourth-order valence-corrected chi connectivity index (χ4v) is 3.77. The maximum atomic E-state index is 5.73. The molecule has 8 nitrogen and oxygen atoms in total. The van der Waals surface area contributed by atoms with Crippen LogP contribution in [0, 0.1) is 5.92 Å². The van der Waals surface area contributed by atoms with Gasteiger partial charge in [-0.1, -0.05) is 13.0 Å². The van der Waals surface area contributed by atoms with E-state index in [4.69, 9.17) is 14.2 Å². The number of hydrogen-bond donors (Lipinski definition) is 1. The molecule has 4 rings (SSSR count). The van der Waals surface area contributed by atoms with Gasteiger partial charge in [0.1, 0.15) is 0 Å². The summed E-state index contributed by atoms with van der Waals surface area (Å²) in [4.78, 5) is 0. The highest BCUT2D eigenvalue weighted by atomic mass is 16.7. The summed E-state index contributed by atoms with van der Waals surface area (Å²) >= 11 is 0. The van der Waals surface area contributed by atoms with Crippen LogP contribution in [0.2, 0.25) is 0 Å². The molecule has 2 aromatic rings. The molecule has 3 unspecified atom stereocenters. The average molecular weight is 359 g/mol. The van der Waals surface area contributed by atoms with Crippen LogP contribution in [0.1, 0.15) is 37.2 Å². The van der Waals surface area contributed by atoms with Gasteiger partial charge in [0.15, 0.2) is 17.3 Å². The monoisotopic (exact) mass is 359 g/mol. The number of rotatable bonds is 7. The predicted octanol–water partition coefficient (Wildman–Crippen LogP) is 1.72. The lowest BCUT2D eigenvalue weighted by molar-refractivity contribution is 0.0917. The quantitative estimate of drug-likeness (QED) is 0.806. The molecule has 0 saturated carbocycles. The molecule has 0 bridgehead atoms. The van der Waals surface area contributed by atoms with Crippen molar-refractivity contribution in [3.63, 3.8) is 0 Å². The Kier molecular flexibility index (Phi) is 5.03. The second kappa shape index (κ2) is 7.59. The van der Waals surface area contributed by atoms with E-state index in [0.29, 0.717) is 19.3 Å². The lowest BCUT2D eigenvalue weighted by atomic mass is 9.93. The van der Waals surface area contributed by atoms with Crippen molar-refractivity contribution in [2.45, 2.75) is 44.9 Å². The molecule has 3 heterocycles. The third-order valence-electron chi connectivity index (χ3n) is 5.11. The summed E-state index contributed by atoms with van der Waals surface area (Å²) in [5, 5.41) is 15.8. The van der Waals surface area contributed by atoms with Gasteiger partial charge in [-0.25, -0.2) is 4.68 Å². The first-order valence-corrected chi connectivity index (χ1v) is 9.18. The molecule has 1 aromatic carbocycles. The third-order valence-corrected chi connectivity index (χ3v) is 5.11. The van der Waals surface area contributed by atoms with Crippen molar-refractivity contribution in [2.75, 3.05) is 20.4 Å². The van der Waals surface area contributed by atoms with Crippen LogP contribution in [0.25, 0.3) is 0 Å². The van der Waals surface area contributed by atoms with E-state index < -0.39 is 0 Å². The Balaban J connectivity index is 1.47. The number of hydrogen-bond acceptors (Lipinski definition) is 7. The van der Waals surface area contributed by atoms with Gasteiger partial charge in [0, 0.05) is 6.61 Å². The molecule has 0 amide bonds. The van der Waals surface area contributed by atoms with Gasteiger partial charge >= 0.3 is 0 Å². The summed E-state index contributed by atoms with van der Waals surface area (Å²) in [5.41, 5.74) is 1.21. The van der Waals surface area contributed by atoms with Gasteiger partial charge in [0.2, 0.25) is 6.79 Å². The van der Waals surface area contributed by atoms with Gasteiger partial charge in [-0.15, -0.1) is 5.10 Å². The van der Waals surface area contributed by atoms with Gasteiger partial charge in [-0.2, -0.15) is 0 Å². The molecule has 0 spiro atoms. The fraction of sp³-hybridized carbons (Fsp3) is 0.611. The molecule has 0 aliphatic carbocycles. The lowest BCUT2D eigenvalue weighted by Crippen LogP contribution is -2.30. The molecule has 8 heteroatoms. The van der Waals surface area contributed by atoms with Gasteiger partial charge < -0.3 is 19.5 Å². The number of nitrogens with one attached hydrogen (secondary N) is 1. The number of aromatic nitrogens is 4. The summed E-state index contributed by atoms with van der Waals surface area (Å²) in [5.74, 6) is 2.79. The molecular weight excluding hydrogens is 334 g/mol. The van der Waals surface area contributed by atoms with Crippen molar-refractivity contribution in [1.29, 1.82) is 0 Å². The Morgan fingerprint density at radius 2 is 2.19 bits per heavy atom. The first-order valence-electron chi connectivity index (χ1n) is 9.18. The minimum atomic E-state index is 0.0526. The van der Waals surface area contributed by atoms with Gasteiger partial charge in [0.25, 0.3) is 0 Å². The van der Waals surface area contributed by atoms with E-state index in [1.54, 1.807) is 0 Å².